The van der Waals surface area contributed by atoms with Crippen LogP contribution in [-0.2, 0) is 0 Å². The van der Waals surface area contributed by atoms with Crippen molar-refractivity contribution < 1.29 is 9.53 Å². The van der Waals surface area contributed by atoms with Crippen LogP contribution in [-0.4, -0.2) is 77.4 Å². The highest BCUT2D eigenvalue weighted by Crippen LogP contribution is 2.25. The molecule has 2 saturated heterocycles. The van der Waals surface area contributed by atoms with Crippen molar-refractivity contribution in [3.8, 4) is 11.4 Å². The zero-order valence-corrected chi connectivity index (χ0v) is 18.6. The first kappa shape index (κ1) is 22.6. The van der Waals surface area contributed by atoms with E-state index in [9.17, 15) is 4.79 Å². The van der Waals surface area contributed by atoms with Gasteiger partial charge in [0.2, 0.25) is 0 Å². The Bertz CT molecular complexity index is 820. The third kappa shape index (κ3) is 5.14. The first-order valence-corrected chi connectivity index (χ1v) is 10.6. The molecule has 2 aliphatic heterocycles. The Morgan fingerprint density at radius 3 is 2.63 bits per heavy atom. The zero-order valence-electron chi connectivity index (χ0n) is 17.8. The van der Waals surface area contributed by atoms with Crippen molar-refractivity contribution in [1.82, 2.24) is 24.9 Å². The molecular formula is C22H32ClN5O2. The molecule has 1 unspecified atom stereocenters. The number of piperazine rings is 1. The lowest BCUT2D eigenvalue weighted by Crippen LogP contribution is -2.49. The molecule has 2 aliphatic rings. The maximum absolute atomic E-state index is 13.3. The first-order chi connectivity index (χ1) is 14.1. The highest BCUT2D eigenvalue weighted by atomic mass is 35.5. The predicted octanol–water partition coefficient (Wildman–Crippen LogP) is 2.45. The smallest absolute Gasteiger partial charge is 0.278 e. The predicted molar refractivity (Wildman–Crippen MR) is 120 cm³/mol. The van der Waals surface area contributed by atoms with Gasteiger partial charge >= 0.3 is 0 Å². The summed E-state index contributed by atoms with van der Waals surface area (Å²) in [6.45, 7) is 10.5. The Balaban J connectivity index is 0.00000256. The van der Waals surface area contributed by atoms with Gasteiger partial charge in [-0.2, -0.15) is 5.10 Å². The van der Waals surface area contributed by atoms with Gasteiger partial charge in [-0.1, -0.05) is 32.0 Å². The summed E-state index contributed by atoms with van der Waals surface area (Å²) in [4.78, 5) is 17.8. The number of carbonyl (C=O) groups excluding carboxylic acids is 1. The number of hydrogen-bond acceptors (Lipinski definition) is 5. The van der Waals surface area contributed by atoms with Crippen molar-refractivity contribution in [1.29, 1.82) is 0 Å². The van der Waals surface area contributed by atoms with Crippen LogP contribution < -0.4 is 10.1 Å². The Hall–Kier alpha value is -2.09. The van der Waals surface area contributed by atoms with E-state index in [4.69, 9.17) is 4.74 Å². The average molecular weight is 434 g/mol. The number of nitrogens with one attached hydrogen (secondary N) is 1. The van der Waals surface area contributed by atoms with Gasteiger partial charge in [0, 0.05) is 45.3 Å². The molecule has 1 aromatic carbocycles. The van der Waals surface area contributed by atoms with Crippen molar-refractivity contribution in [3.05, 3.63) is 42.2 Å². The molecule has 1 N–H and O–H groups in total. The van der Waals surface area contributed by atoms with Gasteiger partial charge in [-0.15, -0.1) is 12.4 Å². The Morgan fingerprint density at radius 2 is 1.93 bits per heavy atom. The second-order valence-corrected chi connectivity index (χ2v) is 8.31. The average Bonchev–Trinajstić information content (AvgIpc) is 3.41. The van der Waals surface area contributed by atoms with Crippen LogP contribution in [0.3, 0.4) is 0 Å². The highest BCUT2D eigenvalue weighted by Gasteiger charge is 2.33. The molecule has 1 aromatic heterocycles. The summed E-state index contributed by atoms with van der Waals surface area (Å²) in [6, 6.07) is 10.3. The van der Waals surface area contributed by atoms with Crippen LogP contribution in [0.2, 0.25) is 0 Å². The topological polar surface area (TPSA) is 62.6 Å². The monoisotopic (exact) mass is 433 g/mol. The van der Waals surface area contributed by atoms with Gasteiger partial charge in [0.15, 0.2) is 11.4 Å². The number of benzene rings is 1. The molecule has 1 atom stereocenters. The molecular weight excluding hydrogens is 402 g/mol. The molecule has 2 aromatic rings. The summed E-state index contributed by atoms with van der Waals surface area (Å²) in [5.74, 6) is 0.913. The summed E-state index contributed by atoms with van der Waals surface area (Å²) in [7, 11) is 0. The normalized spacial score (nSPS) is 19.7. The number of carbonyl (C=O) groups is 1. The van der Waals surface area contributed by atoms with E-state index in [0.717, 1.165) is 51.4 Å². The van der Waals surface area contributed by atoms with E-state index >= 15 is 0 Å². The molecule has 0 radical (unpaired) electrons. The number of halogens is 1. The van der Waals surface area contributed by atoms with Gasteiger partial charge < -0.3 is 15.0 Å². The fourth-order valence-electron chi connectivity index (χ4n) is 4.00. The molecule has 8 heteroatoms. The standard InChI is InChI=1S/C22H31N5O2.ClH/c1-17(2)16-29-20-15-27(18-6-4-3-5-7-18)24-21(20)22(28)26-11-8-19(14-26)25-12-9-23-10-13-25;/h3-7,15,17,19,23H,8-14,16H2,1-2H3;1H. The van der Waals surface area contributed by atoms with Gasteiger partial charge in [-0.05, 0) is 24.5 Å². The summed E-state index contributed by atoms with van der Waals surface area (Å²) in [6.07, 6.45) is 2.85. The number of para-hydroxylation sites is 1. The Labute approximate surface area is 184 Å². The number of aromatic nitrogens is 2. The van der Waals surface area contributed by atoms with Crippen LogP contribution in [0.15, 0.2) is 36.5 Å². The van der Waals surface area contributed by atoms with Gasteiger partial charge in [-0.25, -0.2) is 4.68 Å². The second kappa shape index (κ2) is 10.3. The van der Waals surface area contributed by atoms with Crippen molar-refractivity contribution in [2.24, 2.45) is 5.92 Å². The third-order valence-electron chi connectivity index (χ3n) is 5.59. The minimum Gasteiger partial charge on any atom is -0.489 e. The van der Waals surface area contributed by atoms with Crippen LogP contribution in [0.5, 0.6) is 5.75 Å². The van der Waals surface area contributed by atoms with Gasteiger partial charge in [-0.3, -0.25) is 9.69 Å². The largest absolute Gasteiger partial charge is 0.489 e. The molecule has 164 valence electrons. The third-order valence-corrected chi connectivity index (χ3v) is 5.59. The maximum Gasteiger partial charge on any atom is 0.278 e. The SMILES string of the molecule is CC(C)COc1cn(-c2ccccc2)nc1C(=O)N1CCC(N2CCNCC2)C1.Cl. The minimum absolute atomic E-state index is 0. The van der Waals surface area contributed by atoms with E-state index in [2.05, 4.69) is 29.2 Å². The lowest BCUT2D eigenvalue weighted by Gasteiger charge is -2.32. The van der Waals surface area contributed by atoms with E-state index in [1.807, 2.05) is 41.4 Å². The highest BCUT2D eigenvalue weighted by molar-refractivity contribution is 5.95. The molecule has 2 fully saturated rings. The summed E-state index contributed by atoms with van der Waals surface area (Å²) in [5, 5.41) is 8.01. The van der Waals surface area contributed by atoms with Gasteiger partial charge in [0.1, 0.15) is 0 Å². The lowest BCUT2D eigenvalue weighted by molar-refractivity contribution is 0.0762. The summed E-state index contributed by atoms with van der Waals surface area (Å²) < 4.78 is 7.72. The molecule has 3 heterocycles. The van der Waals surface area contributed by atoms with Crippen molar-refractivity contribution in [2.75, 3.05) is 45.9 Å². The quantitative estimate of drug-likeness (QED) is 0.758. The van der Waals surface area contributed by atoms with Crippen molar-refractivity contribution in [2.45, 2.75) is 26.3 Å². The van der Waals surface area contributed by atoms with Crippen LogP contribution in [0.25, 0.3) is 5.69 Å². The number of amides is 1. The van der Waals surface area contributed by atoms with Crippen LogP contribution in [0.1, 0.15) is 30.8 Å². The molecule has 0 saturated carbocycles. The second-order valence-electron chi connectivity index (χ2n) is 8.31. The zero-order chi connectivity index (χ0) is 20.2. The van der Waals surface area contributed by atoms with E-state index in [0.29, 0.717) is 30.0 Å². The van der Waals surface area contributed by atoms with Gasteiger partial charge in [0.25, 0.3) is 5.91 Å². The van der Waals surface area contributed by atoms with Gasteiger partial charge in [0.05, 0.1) is 18.5 Å². The fourth-order valence-corrected chi connectivity index (χ4v) is 4.00. The minimum atomic E-state index is -0.0314. The van der Waals surface area contributed by atoms with E-state index < -0.39 is 0 Å². The lowest BCUT2D eigenvalue weighted by atomic mass is 10.2. The van der Waals surface area contributed by atoms with Crippen molar-refractivity contribution in [3.63, 3.8) is 0 Å². The molecule has 30 heavy (non-hydrogen) atoms. The van der Waals surface area contributed by atoms with Crippen molar-refractivity contribution >= 4 is 18.3 Å². The first-order valence-electron chi connectivity index (χ1n) is 10.6. The summed E-state index contributed by atoms with van der Waals surface area (Å²) >= 11 is 0. The molecule has 0 spiro atoms. The van der Waals surface area contributed by atoms with E-state index in [1.54, 1.807) is 4.68 Å². The number of ether oxygens (including phenoxy) is 1. The number of nitrogens with zero attached hydrogens (tertiary/aromatic N) is 4. The maximum atomic E-state index is 13.3. The molecule has 0 aliphatic carbocycles. The fraction of sp³-hybridized carbons (Fsp3) is 0.545. The molecule has 7 nitrogen and oxygen atoms in total. The molecule has 1 amide bonds. The van der Waals surface area contributed by atoms with E-state index in [-0.39, 0.29) is 18.3 Å². The Kier molecular flexibility index (Phi) is 7.75. The van der Waals surface area contributed by atoms with E-state index in [1.165, 1.54) is 0 Å². The van der Waals surface area contributed by atoms with Crippen LogP contribution in [0, 0.1) is 5.92 Å². The summed E-state index contributed by atoms with van der Waals surface area (Å²) in [5.41, 5.74) is 1.33. The van der Waals surface area contributed by atoms with Crippen LogP contribution in [0.4, 0.5) is 0 Å². The molecule has 0 bridgehead atoms. The molecule has 4 rings (SSSR count). The number of rotatable bonds is 6. The Morgan fingerprint density at radius 1 is 1.20 bits per heavy atom. The number of likely N-dealkylation sites (tertiary alicyclic amines) is 1. The number of hydrogen-bond donors (Lipinski definition) is 1. The van der Waals surface area contributed by atoms with Crippen LogP contribution >= 0.6 is 12.4 Å².